The minimum Gasteiger partial charge on any atom is -0.495 e. The number of carbonyl (C=O) groups excluding carboxylic acids is 1. The van der Waals surface area contributed by atoms with Gasteiger partial charge in [0.2, 0.25) is 0 Å². The van der Waals surface area contributed by atoms with Crippen molar-refractivity contribution < 1.29 is 14.3 Å². The van der Waals surface area contributed by atoms with Crippen molar-refractivity contribution in [3.05, 3.63) is 29.0 Å². The number of hydrogen-bond acceptors (Lipinski definition) is 4. The molecule has 3 atom stereocenters. The zero-order valence-corrected chi connectivity index (χ0v) is 21.8. The smallest absolute Gasteiger partial charge is 0.253 e. The van der Waals surface area contributed by atoms with Crippen LogP contribution in [0.1, 0.15) is 61.6 Å². The molecule has 1 N–H and O–H groups in total. The third kappa shape index (κ3) is 3.74. The molecule has 186 valence electrons. The molecule has 2 saturated carbocycles. The Balaban J connectivity index is 1.52. The lowest BCUT2D eigenvalue weighted by Crippen LogP contribution is -2.52. The lowest BCUT2D eigenvalue weighted by atomic mass is 9.68. The Bertz CT molecular complexity index is 1090. The molecule has 1 aliphatic heterocycles. The Labute approximate surface area is 204 Å². The van der Waals surface area contributed by atoms with Crippen LogP contribution >= 0.6 is 0 Å². The standard InChI is InChI=1S/C28H41N3O3/c1-18-15-21-23(25(32)29-26-27(3,4)20-7-8-28(26,5)17-20)19(2)31(24(21)22(16-18)33-6)10-9-30-11-13-34-14-12-30/h15-16,20,26H,7-14,17H2,1-6H3,(H,29,32)/t20-,26?,28?/m1/s1. The predicted octanol–water partition coefficient (Wildman–Crippen LogP) is 4.54. The molecule has 6 nitrogen and oxygen atoms in total. The van der Waals surface area contributed by atoms with Crippen LogP contribution < -0.4 is 10.1 Å². The molecular weight excluding hydrogens is 426 g/mol. The number of hydrogen-bond donors (Lipinski definition) is 1. The van der Waals surface area contributed by atoms with Crippen molar-refractivity contribution in [1.29, 1.82) is 0 Å². The van der Waals surface area contributed by atoms with Crippen molar-refractivity contribution in [3.63, 3.8) is 0 Å². The Kier molecular flexibility index (Phi) is 5.96. The van der Waals surface area contributed by atoms with E-state index < -0.39 is 0 Å². The molecular formula is C28H41N3O3. The molecule has 3 aliphatic rings. The number of ether oxygens (including phenoxy) is 2. The first kappa shape index (κ1) is 23.7. The van der Waals surface area contributed by atoms with E-state index in [4.69, 9.17) is 9.47 Å². The Morgan fingerprint density at radius 1 is 1.18 bits per heavy atom. The van der Waals surface area contributed by atoms with Gasteiger partial charge in [0.05, 0.1) is 31.4 Å². The van der Waals surface area contributed by atoms with E-state index in [0.717, 1.165) is 72.9 Å². The highest BCUT2D eigenvalue weighted by Crippen LogP contribution is 2.62. The van der Waals surface area contributed by atoms with E-state index in [1.54, 1.807) is 7.11 Å². The molecule has 2 unspecified atom stereocenters. The normalized spacial score (nSPS) is 28.5. The molecule has 3 fully saturated rings. The van der Waals surface area contributed by atoms with Crippen molar-refractivity contribution in [2.75, 3.05) is 40.0 Å². The minimum atomic E-state index is 0.0622. The van der Waals surface area contributed by atoms with Gasteiger partial charge < -0.3 is 19.4 Å². The van der Waals surface area contributed by atoms with Gasteiger partial charge in [0.15, 0.2) is 0 Å². The van der Waals surface area contributed by atoms with Gasteiger partial charge in [-0.25, -0.2) is 0 Å². The van der Waals surface area contributed by atoms with Gasteiger partial charge in [-0.1, -0.05) is 20.8 Å². The van der Waals surface area contributed by atoms with E-state index >= 15 is 0 Å². The number of benzene rings is 1. The molecule has 2 bridgehead atoms. The van der Waals surface area contributed by atoms with E-state index in [0.29, 0.717) is 5.92 Å². The number of methoxy groups -OCH3 is 1. The molecule has 1 aromatic heterocycles. The fraction of sp³-hybridized carbons (Fsp3) is 0.679. The fourth-order valence-corrected chi connectivity index (χ4v) is 7.37. The van der Waals surface area contributed by atoms with Gasteiger partial charge in [-0.3, -0.25) is 9.69 Å². The van der Waals surface area contributed by atoms with Crippen molar-refractivity contribution in [1.82, 2.24) is 14.8 Å². The topological polar surface area (TPSA) is 55.7 Å². The number of carbonyl (C=O) groups is 1. The van der Waals surface area contributed by atoms with Crippen LogP contribution in [0, 0.1) is 30.6 Å². The van der Waals surface area contributed by atoms with Gasteiger partial charge in [-0.15, -0.1) is 0 Å². The lowest BCUT2D eigenvalue weighted by Gasteiger charge is -2.43. The fourth-order valence-electron chi connectivity index (χ4n) is 7.37. The quantitative estimate of drug-likeness (QED) is 0.678. The first-order valence-corrected chi connectivity index (χ1v) is 12.9. The van der Waals surface area contributed by atoms with Gasteiger partial charge in [0, 0.05) is 43.3 Å². The summed E-state index contributed by atoms with van der Waals surface area (Å²) in [5.74, 6) is 1.60. The largest absolute Gasteiger partial charge is 0.495 e. The van der Waals surface area contributed by atoms with Crippen LogP contribution in [0.4, 0.5) is 0 Å². The number of fused-ring (bicyclic) bond motifs is 3. The Morgan fingerprint density at radius 3 is 2.56 bits per heavy atom. The van der Waals surface area contributed by atoms with Crippen molar-refractivity contribution >= 4 is 16.8 Å². The highest BCUT2D eigenvalue weighted by Gasteiger charge is 2.59. The summed E-state index contributed by atoms with van der Waals surface area (Å²) in [6, 6.07) is 4.43. The molecule has 2 heterocycles. The van der Waals surface area contributed by atoms with Crippen LogP contribution in [0.25, 0.3) is 10.9 Å². The Hall–Kier alpha value is -2.05. The van der Waals surface area contributed by atoms with Gasteiger partial charge in [0.1, 0.15) is 5.75 Å². The first-order chi connectivity index (χ1) is 16.2. The van der Waals surface area contributed by atoms with Crippen LogP contribution in [0.2, 0.25) is 0 Å². The van der Waals surface area contributed by atoms with Gasteiger partial charge in [0.25, 0.3) is 5.91 Å². The number of nitrogens with zero attached hydrogens (tertiary/aromatic N) is 2. The van der Waals surface area contributed by atoms with Crippen LogP contribution in [0.3, 0.4) is 0 Å². The molecule has 34 heavy (non-hydrogen) atoms. The minimum absolute atomic E-state index is 0.0622. The average Bonchev–Trinajstić information content (AvgIpc) is 3.39. The summed E-state index contributed by atoms with van der Waals surface area (Å²) in [5, 5.41) is 4.55. The predicted molar refractivity (Wildman–Crippen MR) is 136 cm³/mol. The van der Waals surface area contributed by atoms with Crippen LogP contribution in [0.5, 0.6) is 5.75 Å². The zero-order chi connectivity index (χ0) is 24.3. The average molecular weight is 468 g/mol. The molecule has 2 aliphatic carbocycles. The van der Waals surface area contributed by atoms with Gasteiger partial charge >= 0.3 is 0 Å². The summed E-state index contributed by atoms with van der Waals surface area (Å²) in [5.41, 5.74) is 4.29. The summed E-state index contributed by atoms with van der Waals surface area (Å²) >= 11 is 0. The van der Waals surface area contributed by atoms with E-state index in [2.05, 4.69) is 61.5 Å². The van der Waals surface area contributed by atoms with Gasteiger partial charge in [-0.2, -0.15) is 0 Å². The number of aromatic nitrogens is 1. The number of amides is 1. The van der Waals surface area contributed by atoms with Crippen LogP contribution in [-0.4, -0.2) is 61.4 Å². The Morgan fingerprint density at radius 2 is 1.91 bits per heavy atom. The second-order valence-electron chi connectivity index (χ2n) is 11.8. The molecule has 6 heteroatoms. The van der Waals surface area contributed by atoms with Crippen LogP contribution in [0.15, 0.2) is 12.1 Å². The molecule has 1 aromatic carbocycles. The van der Waals surface area contributed by atoms with Crippen molar-refractivity contribution in [2.24, 2.45) is 16.7 Å². The molecule has 1 saturated heterocycles. The van der Waals surface area contributed by atoms with Gasteiger partial charge in [-0.05, 0) is 67.6 Å². The maximum Gasteiger partial charge on any atom is 0.253 e. The maximum absolute atomic E-state index is 14.0. The summed E-state index contributed by atoms with van der Waals surface area (Å²) in [4.78, 5) is 16.4. The zero-order valence-electron chi connectivity index (χ0n) is 21.8. The highest BCUT2D eigenvalue weighted by molar-refractivity contribution is 6.10. The number of nitrogens with one attached hydrogen (secondary N) is 1. The third-order valence-corrected chi connectivity index (χ3v) is 9.26. The molecule has 0 radical (unpaired) electrons. The summed E-state index contributed by atoms with van der Waals surface area (Å²) in [6.45, 7) is 16.5. The summed E-state index contributed by atoms with van der Waals surface area (Å²) in [7, 11) is 1.72. The molecule has 5 rings (SSSR count). The number of rotatable bonds is 6. The number of aryl methyl sites for hydroxylation is 1. The third-order valence-electron chi connectivity index (χ3n) is 9.26. The van der Waals surface area contributed by atoms with E-state index in [9.17, 15) is 4.79 Å². The second kappa shape index (κ2) is 8.56. The number of morpholine rings is 1. The van der Waals surface area contributed by atoms with Crippen molar-refractivity contribution in [3.8, 4) is 5.75 Å². The lowest BCUT2D eigenvalue weighted by molar-refractivity contribution is 0.0365. The molecule has 2 aromatic rings. The summed E-state index contributed by atoms with van der Waals surface area (Å²) in [6.07, 6.45) is 3.71. The van der Waals surface area contributed by atoms with E-state index in [1.807, 2.05) is 0 Å². The first-order valence-electron chi connectivity index (χ1n) is 12.9. The highest BCUT2D eigenvalue weighted by atomic mass is 16.5. The molecule has 0 spiro atoms. The SMILES string of the molecule is COc1cc(C)cc2c(C(=O)NC3C4(C)CC[C@H](C4)C3(C)C)c(C)n(CCN3CCOCC3)c12. The second-order valence-corrected chi connectivity index (χ2v) is 11.8. The van der Waals surface area contributed by atoms with E-state index in [1.165, 1.54) is 19.3 Å². The maximum atomic E-state index is 14.0. The molecule has 1 amide bonds. The summed E-state index contributed by atoms with van der Waals surface area (Å²) < 4.78 is 13.6. The van der Waals surface area contributed by atoms with Crippen molar-refractivity contribution in [2.45, 2.75) is 66.5 Å². The van der Waals surface area contributed by atoms with E-state index in [-0.39, 0.29) is 22.8 Å². The van der Waals surface area contributed by atoms with Crippen LogP contribution in [-0.2, 0) is 11.3 Å². The monoisotopic (exact) mass is 467 g/mol.